The van der Waals surface area contributed by atoms with Crippen molar-refractivity contribution >= 4 is 56.8 Å². The molecule has 3 aromatic rings. The second-order valence-corrected chi connectivity index (χ2v) is 15.3. The van der Waals surface area contributed by atoms with Crippen LogP contribution in [0.2, 0.25) is 0 Å². The molecule has 246 valence electrons. The van der Waals surface area contributed by atoms with E-state index in [1.54, 1.807) is 12.1 Å². The van der Waals surface area contributed by atoms with Crippen molar-refractivity contribution in [3.05, 3.63) is 47.5 Å². The van der Waals surface area contributed by atoms with E-state index < -0.39 is 29.7 Å². The number of thioether (sulfide) groups is 1. The number of amides is 1. The minimum atomic E-state index is -1.20. The van der Waals surface area contributed by atoms with Crippen molar-refractivity contribution in [3.63, 3.8) is 0 Å². The second-order valence-electron chi connectivity index (χ2n) is 12.8. The van der Waals surface area contributed by atoms with E-state index in [9.17, 15) is 19.5 Å². The lowest BCUT2D eigenvalue weighted by Crippen LogP contribution is -2.34. The van der Waals surface area contributed by atoms with Gasteiger partial charge in [-0.2, -0.15) is 0 Å². The van der Waals surface area contributed by atoms with E-state index in [4.69, 9.17) is 9.84 Å². The molecule has 8 nitrogen and oxygen atoms in total. The molecule has 1 aromatic heterocycles. The summed E-state index contributed by atoms with van der Waals surface area (Å²) in [5.41, 5.74) is 3.47. The SMILES string of the molecule is CCCCCCC(Oc1ccc(C(C)(C)CC)cc1C(C)(C)CC)C(=O)Nc1ccc2nc(SC(CC(=O)O)C(=O)O)sc2c1. The van der Waals surface area contributed by atoms with Crippen molar-refractivity contribution in [1.29, 1.82) is 0 Å². The molecule has 0 bridgehead atoms. The van der Waals surface area contributed by atoms with E-state index in [1.807, 2.05) is 12.1 Å². The summed E-state index contributed by atoms with van der Waals surface area (Å²) in [5, 5.41) is 20.4. The molecule has 2 atom stereocenters. The number of carbonyl (C=O) groups excluding carboxylic acids is 1. The number of ether oxygens (including phenoxy) is 1. The van der Waals surface area contributed by atoms with Gasteiger partial charge in [0.2, 0.25) is 0 Å². The number of rotatable bonds is 18. The second kappa shape index (κ2) is 15.9. The lowest BCUT2D eigenvalue weighted by atomic mass is 9.76. The third-order valence-electron chi connectivity index (χ3n) is 8.65. The fourth-order valence-electron chi connectivity index (χ4n) is 4.84. The maximum Gasteiger partial charge on any atom is 0.317 e. The predicted octanol–water partition coefficient (Wildman–Crippen LogP) is 9.05. The van der Waals surface area contributed by atoms with E-state index in [0.29, 0.717) is 22.0 Å². The van der Waals surface area contributed by atoms with Crippen LogP contribution in [0.5, 0.6) is 5.75 Å². The number of anilines is 1. The molecule has 10 heteroatoms. The van der Waals surface area contributed by atoms with Gasteiger partial charge < -0.3 is 20.3 Å². The van der Waals surface area contributed by atoms with Gasteiger partial charge in [-0.15, -0.1) is 11.3 Å². The summed E-state index contributed by atoms with van der Waals surface area (Å²) in [6.45, 7) is 15.4. The van der Waals surface area contributed by atoms with Crippen LogP contribution in [-0.4, -0.2) is 44.4 Å². The molecule has 45 heavy (non-hydrogen) atoms. The molecule has 0 aliphatic rings. The van der Waals surface area contributed by atoms with E-state index in [-0.39, 0.29) is 16.7 Å². The Kier molecular flexibility index (Phi) is 12.9. The highest BCUT2D eigenvalue weighted by Gasteiger charge is 2.30. The zero-order valence-electron chi connectivity index (χ0n) is 27.6. The molecule has 0 aliphatic heterocycles. The average Bonchev–Trinajstić information content (AvgIpc) is 3.39. The Bertz CT molecular complexity index is 1480. The first-order chi connectivity index (χ1) is 21.2. The van der Waals surface area contributed by atoms with Crippen molar-refractivity contribution in [2.75, 3.05) is 5.32 Å². The summed E-state index contributed by atoms with van der Waals surface area (Å²) in [5.74, 6) is -1.87. The predicted molar refractivity (Wildman–Crippen MR) is 184 cm³/mol. The van der Waals surface area contributed by atoms with Crippen LogP contribution in [0.15, 0.2) is 40.7 Å². The number of nitrogens with zero attached hydrogens (tertiary/aromatic N) is 1. The number of hydrogen-bond acceptors (Lipinski definition) is 7. The van der Waals surface area contributed by atoms with Gasteiger partial charge in [-0.1, -0.05) is 91.6 Å². The number of unbranched alkanes of at least 4 members (excludes halogenated alkanes) is 3. The number of aliphatic carboxylic acids is 2. The van der Waals surface area contributed by atoms with Crippen LogP contribution in [0, 0.1) is 0 Å². The Balaban J connectivity index is 1.88. The molecule has 0 aliphatic carbocycles. The molecule has 3 rings (SSSR count). The fraction of sp³-hybridized carbons (Fsp3) is 0.543. The monoisotopic (exact) mass is 656 g/mol. The summed E-state index contributed by atoms with van der Waals surface area (Å²) in [6, 6.07) is 11.8. The number of nitrogens with one attached hydrogen (secondary N) is 1. The molecule has 0 radical (unpaired) electrons. The Morgan fingerprint density at radius 1 is 0.956 bits per heavy atom. The smallest absolute Gasteiger partial charge is 0.317 e. The first-order valence-electron chi connectivity index (χ1n) is 15.8. The van der Waals surface area contributed by atoms with Crippen LogP contribution >= 0.6 is 23.1 Å². The molecule has 0 spiro atoms. The van der Waals surface area contributed by atoms with Gasteiger partial charge in [0.15, 0.2) is 10.4 Å². The fourth-order valence-corrected chi connectivity index (χ4v) is 7.11. The molecule has 0 saturated carbocycles. The highest BCUT2D eigenvalue weighted by atomic mass is 32.2. The number of carboxylic acid groups (broad SMARTS) is 2. The van der Waals surface area contributed by atoms with Gasteiger partial charge in [-0.3, -0.25) is 14.4 Å². The van der Waals surface area contributed by atoms with Gasteiger partial charge in [0.05, 0.1) is 16.6 Å². The summed E-state index contributed by atoms with van der Waals surface area (Å²) < 4.78 is 7.83. The quantitative estimate of drug-likeness (QED) is 0.0915. The lowest BCUT2D eigenvalue weighted by molar-refractivity contribution is -0.142. The summed E-state index contributed by atoms with van der Waals surface area (Å²) in [7, 11) is 0. The molecule has 1 amide bonds. The van der Waals surface area contributed by atoms with Crippen molar-refractivity contribution in [2.24, 2.45) is 0 Å². The zero-order chi connectivity index (χ0) is 33.4. The minimum Gasteiger partial charge on any atom is -0.481 e. The van der Waals surface area contributed by atoms with Crippen LogP contribution < -0.4 is 10.1 Å². The normalized spacial score (nSPS) is 13.4. The summed E-state index contributed by atoms with van der Waals surface area (Å²) >= 11 is 2.19. The van der Waals surface area contributed by atoms with Crippen LogP contribution in [0.4, 0.5) is 5.69 Å². The van der Waals surface area contributed by atoms with Crippen LogP contribution in [0.25, 0.3) is 10.2 Å². The molecule has 2 aromatic carbocycles. The third-order valence-corrected chi connectivity index (χ3v) is 11.0. The summed E-state index contributed by atoms with van der Waals surface area (Å²) in [6.07, 6.45) is 5.41. The van der Waals surface area contributed by atoms with Gasteiger partial charge in [0, 0.05) is 11.3 Å². The molecule has 1 heterocycles. The largest absolute Gasteiger partial charge is 0.481 e. The number of thiazole rings is 1. The van der Waals surface area contributed by atoms with Gasteiger partial charge >= 0.3 is 11.9 Å². The standard InChI is InChI=1S/C35H48N2O6S2/c1-8-11-12-13-14-27(43-26-18-15-22(34(4,5)9-2)19-24(26)35(6,7)10-3)31(40)36-23-16-17-25-28(20-23)44-33(37-25)45-29(32(41)42)21-30(38)39/h15-20,27,29H,8-14,21H2,1-7H3,(H,36,40)(H,38,39)(H,41,42). The Labute approximate surface area is 275 Å². The van der Waals surface area contributed by atoms with Gasteiger partial charge in [0.1, 0.15) is 11.0 Å². The number of carbonyl (C=O) groups is 3. The van der Waals surface area contributed by atoms with Crippen molar-refractivity contribution in [2.45, 2.75) is 126 Å². The van der Waals surface area contributed by atoms with E-state index in [1.165, 1.54) is 16.9 Å². The van der Waals surface area contributed by atoms with E-state index in [0.717, 1.165) is 66.3 Å². The minimum absolute atomic E-state index is 0.0203. The van der Waals surface area contributed by atoms with Crippen molar-refractivity contribution in [3.8, 4) is 5.75 Å². The van der Waals surface area contributed by atoms with Gasteiger partial charge in [-0.25, -0.2) is 4.98 Å². The van der Waals surface area contributed by atoms with Crippen LogP contribution in [-0.2, 0) is 25.2 Å². The maximum absolute atomic E-state index is 13.8. The van der Waals surface area contributed by atoms with Crippen LogP contribution in [0.1, 0.15) is 111 Å². The Morgan fingerprint density at radius 3 is 2.29 bits per heavy atom. The average molecular weight is 657 g/mol. The lowest BCUT2D eigenvalue weighted by Gasteiger charge is -2.31. The topological polar surface area (TPSA) is 126 Å². The Morgan fingerprint density at radius 2 is 1.67 bits per heavy atom. The highest BCUT2D eigenvalue weighted by molar-refractivity contribution is 8.02. The molecular weight excluding hydrogens is 609 g/mol. The Hall–Kier alpha value is -3.11. The molecular formula is C35H48N2O6S2. The van der Waals surface area contributed by atoms with Crippen LogP contribution in [0.3, 0.4) is 0 Å². The third kappa shape index (κ3) is 9.94. The molecule has 2 unspecified atom stereocenters. The highest BCUT2D eigenvalue weighted by Crippen LogP contribution is 2.39. The van der Waals surface area contributed by atoms with Gasteiger partial charge in [0.25, 0.3) is 5.91 Å². The number of benzene rings is 2. The first kappa shape index (κ1) is 36.4. The summed E-state index contributed by atoms with van der Waals surface area (Å²) in [4.78, 5) is 40.9. The van der Waals surface area contributed by atoms with Gasteiger partial charge in [-0.05, 0) is 66.3 Å². The zero-order valence-corrected chi connectivity index (χ0v) is 29.2. The molecule has 0 fully saturated rings. The van der Waals surface area contributed by atoms with E-state index >= 15 is 0 Å². The number of carboxylic acids is 2. The first-order valence-corrected chi connectivity index (χ1v) is 17.5. The number of fused-ring (bicyclic) bond motifs is 1. The maximum atomic E-state index is 13.8. The molecule has 3 N–H and O–H groups in total. The van der Waals surface area contributed by atoms with E-state index in [2.05, 4.69) is 70.9 Å². The van der Waals surface area contributed by atoms with Crippen molar-refractivity contribution < 1.29 is 29.3 Å². The number of hydrogen-bond donors (Lipinski definition) is 3. The van der Waals surface area contributed by atoms with Crippen molar-refractivity contribution in [1.82, 2.24) is 4.98 Å². The number of aromatic nitrogens is 1. The molecule has 0 saturated heterocycles.